The first-order valence-electron chi connectivity index (χ1n) is 8.33. The summed E-state index contributed by atoms with van der Waals surface area (Å²) in [7, 11) is 0. The molecule has 4 nitrogen and oxygen atoms in total. The summed E-state index contributed by atoms with van der Waals surface area (Å²) in [4.78, 5) is 9.37. The van der Waals surface area contributed by atoms with E-state index in [9.17, 15) is 0 Å². The fourth-order valence-electron chi connectivity index (χ4n) is 2.47. The first kappa shape index (κ1) is 16.2. The van der Waals surface area contributed by atoms with Gasteiger partial charge < -0.3 is 10.1 Å². The van der Waals surface area contributed by atoms with Crippen molar-refractivity contribution in [3.63, 3.8) is 0 Å². The van der Waals surface area contributed by atoms with E-state index in [1.165, 1.54) is 0 Å². The largest absolute Gasteiger partial charge is 0.491 e. The van der Waals surface area contributed by atoms with Crippen LogP contribution < -0.4 is 10.1 Å². The molecule has 0 saturated carbocycles. The molecular weight excluding hydrogens is 298 g/mol. The van der Waals surface area contributed by atoms with Gasteiger partial charge in [0.25, 0.3) is 0 Å². The summed E-state index contributed by atoms with van der Waals surface area (Å²) < 4.78 is 5.69. The minimum Gasteiger partial charge on any atom is -0.491 e. The highest BCUT2D eigenvalue weighted by atomic mass is 16.5. The molecular formula is C20H23N3O. The number of rotatable bonds is 5. The average molecular weight is 321 g/mol. The molecule has 0 bridgehead atoms. The number of ether oxygens (including phenoxy) is 1. The van der Waals surface area contributed by atoms with Gasteiger partial charge in [-0.25, -0.2) is 9.97 Å². The van der Waals surface area contributed by atoms with E-state index in [0.717, 1.165) is 34.0 Å². The molecule has 1 N–H and O–H groups in total. The highest BCUT2D eigenvalue weighted by molar-refractivity contribution is 5.90. The second-order valence-electron chi connectivity index (χ2n) is 6.42. The number of hydrogen-bond acceptors (Lipinski definition) is 4. The Morgan fingerprint density at radius 1 is 0.875 bits per heavy atom. The van der Waals surface area contributed by atoms with Crippen LogP contribution in [0.25, 0.3) is 10.9 Å². The number of anilines is 2. The topological polar surface area (TPSA) is 47.0 Å². The Balaban J connectivity index is 1.94. The van der Waals surface area contributed by atoms with Crippen molar-refractivity contribution in [2.45, 2.75) is 39.7 Å². The summed E-state index contributed by atoms with van der Waals surface area (Å²) in [5, 5.41) is 4.43. The Morgan fingerprint density at radius 3 is 2.25 bits per heavy atom. The van der Waals surface area contributed by atoms with Crippen LogP contribution in [0.1, 0.15) is 39.4 Å². The molecule has 3 aromatic rings. The Hall–Kier alpha value is -2.62. The average Bonchev–Trinajstić information content (AvgIpc) is 2.56. The molecule has 24 heavy (non-hydrogen) atoms. The van der Waals surface area contributed by atoms with Crippen LogP contribution in [0.5, 0.6) is 5.75 Å². The second kappa shape index (κ2) is 6.87. The van der Waals surface area contributed by atoms with Crippen LogP contribution in [0, 0.1) is 0 Å². The maximum atomic E-state index is 5.69. The Labute approximate surface area is 142 Å². The van der Waals surface area contributed by atoms with Gasteiger partial charge in [0.05, 0.1) is 11.6 Å². The van der Waals surface area contributed by atoms with Crippen LogP contribution in [0.15, 0.2) is 48.5 Å². The fraction of sp³-hybridized carbons (Fsp3) is 0.300. The minimum absolute atomic E-state index is 0.170. The molecule has 0 unspecified atom stereocenters. The summed E-state index contributed by atoms with van der Waals surface area (Å²) in [6.07, 6.45) is 0.170. The van der Waals surface area contributed by atoms with E-state index in [4.69, 9.17) is 9.72 Å². The third-order valence-electron chi connectivity index (χ3n) is 3.63. The molecule has 0 atom stereocenters. The number of nitrogens with zero attached hydrogens (tertiary/aromatic N) is 2. The lowest BCUT2D eigenvalue weighted by atomic mass is 10.1. The summed E-state index contributed by atoms with van der Waals surface area (Å²) in [6, 6.07) is 16.0. The van der Waals surface area contributed by atoms with Crippen LogP contribution in [-0.4, -0.2) is 16.1 Å². The van der Waals surface area contributed by atoms with Crippen molar-refractivity contribution in [3.05, 3.63) is 54.4 Å². The van der Waals surface area contributed by atoms with Crippen LogP contribution in [-0.2, 0) is 0 Å². The van der Waals surface area contributed by atoms with Crippen molar-refractivity contribution < 1.29 is 4.74 Å². The van der Waals surface area contributed by atoms with E-state index in [0.29, 0.717) is 0 Å². The van der Waals surface area contributed by atoms with Gasteiger partial charge in [0.1, 0.15) is 17.4 Å². The lowest BCUT2D eigenvalue weighted by Gasteiger charge is -2.13. The summed E-state index contributed by atoms with van der Waals surface area (Å²) >= 11 is 0. The van der Waals surface area contributed by atoms with Gasteiger partial charge in [0, 0.05) is 17.0 Å². The predicted molar refractivity (Wildman–Crippen MR) is 99.1 cm³/mol. The van der Waals surface area contributed by atoms with Gasteiger partial charge in [0.2, 0.25) is 0 Å². The van der Waals surface area contributed by atoms with Crippen molar-refractivity contribution in [1.29, 1.82) is 0 Å². The summed E-state index contributed by atoms with van der Waals surface area (Å²) in [5.74, 6) is 2.82. The molecule has 1 heterocycles. The molecule has 0 fully saturated rings. The van der Waals surface area contributed by atoms with Crippen LogP contribution in [0.4, 0.5) is 11.5 Å². The fourth-order valence-corrected chi connectivity index (χ4v) is 2.47. The Morgan fingerprint density at radius 2 is 1.58 bits per heavy atom. The highest BCUT2D eigenvalue weighted by Gasteiger charge is 2.10. The molecule has 0 radical (unpaired) electrons. The molecule has 0 saturated heterocycles. The van der Waals surface area contributed by atoms with E-state index in [2.05, 4.69) is 24.1 Å². The van der Waals surface area contributed by atoms with Gasteiger partial charge in [-0.05, 0) is 50.2 Å². The molecule has 0 aliphatic rings. The zero-order valence-electron chi connectivity index (χ0n) is 14.6. The zero-order chi connectivity index (χ0) is 17.1. The van der Waals surface area contributed by atoms with Crippen molar-refractivity contribution in [3.8, 4) is 5.75 Å². The number of nitrogens with one attached hydrogen (secondary N) is 1. The normalized spacial score (nSPS) is 11.2. The zero-order valence-corrected chi connectivity index (χ0v) is 14.6. The summed E-state index contributed by atoms with van der Waals surface area (Å²) in [6.45, 7) is 8.25. The molecule has 124 valence electrons. The Bertz CT molecular complexity index is 826. The lowest BCUT2D eigenvalue weighted by Crippen LogP contribution is -2.05. The van der Waals surface area contributed by atoms with Crippen molar-refractivity contribution in [2.75, 3.05) is 5.32 Å². The number of para-hydroxylation sites is 1. The van der Waals surface area contributed by atoms with Crippen LogP contribution in [0.3, 0.4) is 0 Å². The van der Waals surface area contributed by atoms with E-state index in [-0.39, 0.29) is 12.0 Å². The van der Waals surface area contributed by atoms with Gasteiger partial charge in [0.15, 0.2) is 0 Å². The van der Waals surface area contributed by atoms with Gasteiger partial charge >= 0.3 is 0 Å². The molecule has 0 aliphatic carbocycles. The maximum absolute atomic E-state index is 5.69. The molecule has 0 amide bonds. The number of hydrogen-bond donors (Lipinski definition) is 1. The first-order chi connectivity index (χ1) is 11.5. The third-order valence-corrected chi connectivity index (χ3v) is 3.63. The number of benzene rings is 2. The molecule has 2 aromatic carbocycles. The van der Waals surface area contributed by atoms with Crippen molar-refractivity contribution >= 4 is 22.4 Å². The molecule has 0 spiro atoms. The third kappa shape index (κ3) is 3.65. The summed E-state index contributed by atoms with van der Waals surface area (Å²) in [5.41, 5.74) is 1.93. The standard InChI is InChI=1S/C20H23N3O/c1-13(2)19-22-18-8-6-5-7-17(18)20(23-19)21-15-9-11-16(12-10-15)24-14(3)4/h5-14H,1-4H3,(H,21,22,23). The molecule has 0 aliphatic heterocycles. The van der Waals surface area contributed by atoms with E-state index < -0.39 is 0 Å². The number of fused-ring (bicyclic) bond motifs is 1. The van der Waals surface area contributed by atoms with Gasteiger partial charge in [-0.2, -0.15) is 0 Å². The molecule has 3 rings (SSSR count). The van der Waals surface area contributed by atoms with E-state index in [1.54, 1.807) is 0 Å². The predicted octanol–water partition coefficient (Wildman–Crippen LogP) is 5.28. The SMILES string of the molecule is CC(C)Oc1ccc(Nc2nc(C(C)C)nc3ccccc23)cc1. The van der Waals surface area contributed by atoms with Crippen LogP contribution in [0.2, 0.25) is 0 Å². The smallest absolute Gasteiger partial charge is 0.142 e. The Kier molecular flexibility index (Phi) is 4.65. The molecule has 1 aromatic heterocycles. The lowest BCUT2D eigenvalue weighted by molar-refractivity contribution is 0.242. The molecule has 4 heteroatoms. The van der Waals surface area contributed by atoms with Gasteiger partial charge in [-0.3, -0.25) is 0 Å². The van der Waals surface area contributed by atoms with E-state index >= 15 is 0 Å². The number of aromatic nitrogens is 2. The van der Waals surface area contributed by atoms with Crippen molar-refractivity contribution in [2.24, 2.45) is 0 Å². The first-order valence-corrected chi connectivity index (χ1v) is 8.33. The van der Waals surface area contributed by atoms with Gasteiger partial charge in [-0.1, -0.05) is 26.0 Å². The van der Waals surface area contributed by atoms with E-state index in [1.807, 2.05) is 62.4 Å². The highest BCUT2D eigenvalue weighted by Crippen LogP contribution is 2.26. The van der Waals surface area contributed by atoms with Crippen LogP contribution >= 0.6 is 0 Å². The monoisotopic (exact) mass is 321 g/mol. The second-order valence-corrected chi connectivity index (χ2v) is 6.42. The van der Waals surface area contributed by atoms with Crippen molar-refractivity contribution in [1.82, 2.24) is 9.97 Å². The quantitative estimate of drug-likeness (QED) is 0.694. The minimum atomic E-state index is 0.170. The maximum Gasteiger partial charge on any atom is 0.142 e. The van der Waals surface area contributed by atoms with Gasteiger partial charge in [-0.15, -0.1) is 0 Å².